The highest BCUT2D eigenvalue weighted by atomic mass is 35.5. The van der Waals surface area contributed by atoms with Crippen molar-refractivity contribution in [3.05, 3.63) is 63.9 Å². The summed E-state index contributed by atoms with van der Waals surface area (Å²) in [7, 11) is 1.59. The second-order valence-corrected chi connectivity index (χ2v) is 5.13. The molecule has 0 bridgehead atoms. The lowest BCUT2D eigenvalue weighted by molar-refractivity contribution is 0.410. The fraction of sp³-hybridized carbons (Fsp3) is 0.200. The molecular weight excluding hydrogens is 286 g/mol. The second-order valence-electron chi connectivity index (χ2n) is 4.28. The first-order valence-electron chi connectivity index (χ1n) is 5.76. The van der Waals surface area contributed by atoms with E-state index in [-0.39, 0.29) is 5.02 Å². The van der Waals surface area contributed by atoms with Gasteiger partial charge in [0.25, 0.3) is 0 Å². The zero-order valence-corrected chi connectivity index (χ0v) is 12.1. The number of aryl methyl sites for hydroxylation is 1. The molecule has 2 rings (SSSR count). The molecule has 19 heavy (non-hydrogen) atoms. The van der Waals surface area contributed by atoms with Gasteiger partial charge in [-0.3, -0.25) is 0 Å². The molecule has 1 nitrogen and oxygen atoms in total. The molecule has 0 aliphatic carbocycles. The first-order chi connectivity index (χ1) is 9.02. The standard InChI is InChI=1S/C15H13Cl2FO/c1-9-3-6-14(19-2)11(7-9)15(17)10-4-5-13(18)12(16)8-10/h3-8,15H,1-2H3. The van der Waals surface area contributed by atoms with Crippen LogP contribution in [0, 0.1) is 12.7 Å². The molecule has 0 N–H and O–H groups in total. The van der Waals surface area contributed by atoms with E-state index in [0.29, 0.717) is 5.75 Å². The number of methoxy groups -OCH3 is 1. The van der Waals surface area contributed by atoms with E-state index in [1.54, 1.807) is 13.2 Å². The molecular formula is C15H13Cl2FO. The smallest absolute Gasteiger partial charge is 0.141 e. The Hall–Kier alpha value is -1.25. The minimum absolute atomic E-state index is 0.0646. The molecule has 0 heterocycles. The van der Waals surface area contributed by atoms with E-state index in [0.717, 1.165) is 16.7 Å². The van der Waals surface area contributed by atoms with Crippen LogP contribution in [0.3, 0.4) is 0 Å². The molecule has 100 valence electrons. The quantitative estimate of drug-likeness (QED) is 0.714. The predicted octanol–water partition coefficient (Wildman–Crippen LogP) is 5.12. The van der Waals surface area contributed by atoms with E-state index in [4.69, 9.17) is 27.9 Å². The van der Waals surface area contributed by atoms with Gasteiger partial charge in [-0.05, 0) is 30.7 Å². The lowest BCUT2D eigenvalue weighted by Gasteiger charge is -2.15. The van der Waals surface area contributed by atoms with Crippen molar-refractivity contribution in [2.24, 2.45) is 0 Å². The van der Waals surface area contributed by atoms with Crippen LogP contribution in [0.1, 0.15) is 22.1 Å². The molecule has 0 aliphatic rings. The SMILES string of the molecule is COc1ccc(C)cc1C(Cl)c1ccc(F)c(Cl)c1. The second kappa shape index (κ2) is 5.81. The zero-order chi connectivity index (χ0) is 14.0. The topological polar surface area (TPSA) is 9.23 Å². The number of alkyl halides is 1. The van der Waals surface area contributed by atoms with Gasteiger partial charge in [0.2, 0.25) is 0 Å². The van der Waals surface area contributed by atoms with Gasteiger partial charge >= 0.3 is 0 Å². The van der Waals surface area contributed by atoms with E-state index < -0.39 is 11.2 Å². The van der Waals surface area contributed by atoms with Crippen LogP contribution in [0.15, 0.2) is 36.4 Å². The van der Waals surface area contributed by atoms with Crippen LogP contribution in [0.5, 0.6) is 5.75 Å². The number of ether oxygens (including phenoxy) is 1. The molecule has 0 saturated heterocycles. The van der Waals surface area contributed by atoms with Crippen LogP contribution < -0.4 is 4.74 Å². The third kappa shape index (κ3) is 3.02. The molecule has 0 spiro atoms. The first kappa shape index (κ1) is 14.2. The van der Waals surface area contributed by atoms with E-state index >= 15 is 0 Å². The van der Waals surface area contributed by atoms with Crippen molar-refractivity contribution in [3.8, 4) is 5.75 Å². The maximum Gasteiger partial charge on any atom is 0.141 e. The zero-order valence-electron chi connectivity index (χ0n) is 10.6. The van der Waals surface area contributed by atoms with E-state index in [1.807, 2.05) is 25.1 Å². The van der Waals surface area contributed by atoms with Crippen LogP contribution in [-0.4, -0.2) is 7.11 Å². The van der Waals surface area contributed by atoms with Gasteiger partial charge in [-0.15, -0.1) is 11.6 Å². The maximum absolute atomic E-state index is 13.2. The monoisotopic (exact) mass is 298 g/mol. The van der Waals surface area contributed by atoms with Crippen LogP contribution >= 0.6 is 23.2 Å². The fourth-order valence-corrected chi connectivity index (χ4v) is 2.40. The Morgan fingerprint density at radius 2 is 1.89 bits per heavy atom. The number of hydrogen-bond acceptors (Lipinski definition) is 1. The summed E-state index contributed by atoms with van der Waals surface area (Å²) in [6.07, 6.45) is 0. The summed E-state index contributed by atoms with van der Waals surface area (Å²) in [5, 5.41) is -0.372. The van der Waals surface area contributed by atoms with Gasteiger partial charge in [0.1, 0.15) is 11.6 Å². The summed E-state index contributed by atoms with van der Waals surface area (Å²) < 4.78 is 18.5. The van der Waals surface area contributed by atoms with Crippen LogP contribution in [0.4, 0.5) is 4.39 Å². The number of benzene rings is 2. The van der Waals surface area contributed by atoms with Crippen molar-refractivity contribution in [2.45, 2.75) is 12.3 Å². The van der Waals surface area contributed by atoms with Crippen LogP contribution in [0.25, 0.3) is 0 Å². The molecule has 2 aromatic carbocycles. The molecule has 4 heteroatoms. The molecule has 0 aliphatic heterocycles. The Morgan fingerprint density at radius 1 is 1.16 bits per heavy atom. The van der Waals surface area contributed by atoms with Crippen molar-refractivity contribution < 1.29 is 9.13 Å². The van der Waals surface area contributed by atoms with Crippen molar-refractivity contribution in [1.29, 1.82) is 0 Å². The van der Waals surface area contributed by atoms with Crippen molar-refractivity contribution >= 4 is 23.2 Å². The maximum atomic E-state index is 13.2. The predicted molar refractivity (Wildman–Crippen MR) is 76.8 cm³/mol. The normalized spacial score (nSPS) is 12.3. The Morgan fingerprint density at radius 3 is 2.53 bits per heavy atom. The fourth-order valence-electron chi connectivity index (χ4n) is 1.90. The minimum atomic E-state index is -0.453. The Labute approximate surface area is 121 Å². The molecule has 1 unspecified atom stereocenters. The van der Waals surface area contributed by atoms with Gasteiger partial charge in [0, 0.05) is 5.56 Å². The van der Waals surface area contributed by atoms with Gasteiger partial charge in [0.15, 0.2) is 0 Å². The molecule has 1 atom stereocenters. The lowest BCUT2D eigenvalue weighted by Crippen LogP contribution is -1.98. The third-order valence-electron chi connectivity index (χ3n) is 2.89. The molecule has 0 fully saturated rings. The van der Waals surface area contributed by atoms with Gasteiger partial charge in [-0.2, -0.15) is 0 Å². The minimum Gasteiger partial charge on any atom is -0.496 e. The molecule has 0 aromatic heterocycles. The molecule has 2 aromatic rings. The van der Waals surface area contributed by atoms with Crippen molar-refractivity contribution in [2.75, 3.05) is 7.11 Å². The largest absolute Gasteiger partial charge is 0.496 e. The Kier molecular flexibility index (Phi) is 4.33. The van der Waals surface area contributed by atoms with Gasteiger partial charge in [0.05, 0.1) is 17.5 Å². The van der Waals surface area contributed by atoms with E-state index in [9.17, 15) is 4.39 Å². The number of halogens is 3. The number of rotatable bonds is 3. The Balaban J connectivity index is 2.45. The summed E-state index contributed by atoms with van der Waals surface area (Å²) in [6.45, 7) is 1.98. The van der Waals surface area contributed by atoms with Crippen LogP contribution in [-0.2, 0) is 0 Å². The number of hydrogen-bond donors (Lipinski definition) is 0. The van der Waals surface area contributed by atoms with Crippen molar-refractivity contribution in [3.63, 3.8) is 0 Å². The summed E-state index contributed by atoms with van der Waals surface area (Å²) in [5.74, 6) is 0.247. The Bertz CT molecular complexity index is 599. The summed E-state index contributed by atoms with van der Waals surface area (Å²) in [6, 6.07) is 10.2. The molecule has 0 saturated carbocycles. The highest BCUT2D eigenvalue weighted by Crippen LogP contribution is 2.36. The molecule has 0 radical (unpaired) electrons. The van der Waals surface area contributed by atoms with Crippen LogP contribution in [0.2, 0.25) is 5.02 Å². The van der Waals surface area contributed by atoms with Crippen molar-refractivity contribution in [1.82, 2.24) is 0 Å². The molecule has 0 amide bonds. The highest BCUT2D eigenvalue weighted by Gasteiger charge is 2.17. The van der Waals surface area contributed by atoms with E-state index in [2.05, 4.69) is 0 Å². The van der Waals surface area contributed by atoms with E-state index in [1.165, 1.54) is 12.1 Å². The third-order valence-corrected chi connectivity index (χ3v) is 3.67. The van der Waals surface area contributed by atoms with Gasteiger partial charge in [-0.1, -0.05) is 35.4 Å². The van der Waals surface area contributed by atoms with Gasteiger partial charge in [-0.25, -0.2) is 4.39 Å². The summed E-state index contributed by atoms with van der Waals surface area (Å²) in [4.78, 5) is 0. The highest BCUT2D eigenvalue weighted by molar-refractivity contribution is 6.31. The average Bonchev–Trinajstić information content (AvgIpc) is 2.41. The van der Waals surface area contributed by atoms with Gasteiger partial charge < -0.3 is 4.74 Å². The summed E-state index contributed by atoms with van der Waals surface area (Å²) >= 11 is 12.2. The lowest BCUT2D eigenvalue weighted by atomic mass is 10.0. The first-order valence-corrected chi connectivity index (χ1v) is 6.58. The average molecular weight is 299 g/mol. The summed E-state index contributed by atoms with van der Waals surface area (Å²) in [5.41, 5.74) is 2.65.